The number of hydrogen-bond acceptors (Lipinski definition) is 3. The van der Waals surface area contributed by atoms with E-state index in [1.807, 2.05) is 6.07 Å². The zero-order valence-corrected chi connectivity index (χ0v) is 9.57. The van der Waals surface area contributed by atoms with Gasteiger partial charge >= 0.3 is 0 Å². The quantitative estimate of drug-likeness (QED) is 0.725. The monoisotopic (exact) mass is 216 g/mol. The average Bonchev–Trinajstić information content (AvgIpc) is 2.70. The van der Waals surface area contributed by atoms with Crippen LogP contribution in [-0.4, -0.2) is 18.6 Å². The topological polar surface area (TPSA) is 36.3 Å². The molecule has 0 saturated heterocycles. The Labute approximate surface area is 96.2 Å². The standard InChI is InChI=1S/C13H16N2O/c1-16-13-5-4-11-9-15(7-3-2-6-14)10-12(11)8-13/h4-5,8H,2-3,7,9-10H2,1H3. The predicted octanol–water partition coefficient (Wildman–Crippen LogP) is 2.31. The molecule has 0 atom stereocenters. The minimum absolute atomic E-state index is 0.649. The van der Waals surface area contributed by atoms with Gasteiger partial charge < -0.3 is 4.74 Å². The molecule has 1 aromatic rings. The Morgan fingerprint density at radius 1 is 1.38 bits per heavy atom. The summed E-state index contributed by atoms with van der Waals surface area (Å²) in [5.74, 6) is 0.928. The predicted molar refractivity (Wildman–Crippen MR) is 62.0 cm³/mol. The first kappa shape index (κ1) is 11.0. The van der Waals surface area contributed by atoms with Gasteiger partial charge in [0.05, 0.1) is 13.2 Å². The molecule has 3 nitrogen and oxygen atoms in total. The van der Waals surface area contributed by atoms with E-state index in [-0.39, 0.29) is 0 Å². The summed E-state index contributed by atoms with van der Waals surface area (Å²) in [6.07, 6.45) is 1.61. The SMILES string of the molecule is COc1ccc2c(c1)CN(CCCC#N)C2. The number of rotatable bonds is 4. The molecule has 1 aromatic carbocycles. The summed E-state index contributed by atoms with van der Waals surface area (Å²) in [7, 11) is 1.70. The van der Waals surface area contributed by atoms with E-state index in [4.69, 9.17) is 10.00 Å². The third-order valence-corrected chi connectivity index (χ3v) is 2.96. The van der Waals surface area contributed by atoms with Crippen molar-refractivity contribution in [1.29, 1.82) is 5.26 Å². The van der Waals surface area contributed by atoms with Crippen LogP contribution in [-0.2, 0) is 13.1 Å². The first-order valence-electron chi connectivity index (χ1n) is 5.58. The lowest BCUT2D eigenvalue weighted by atomic mass is 10.1. The number of unbranched alkanes of at least 4 members (excludes halogenated alkanes) is 1. The van der Waals surface area contributed by atoms with Crippen molar-refractivity contribution in [2.24, 2.45) is 0 Å². The maximum absolute atomic E-state index is 8.50. The highest BCUT2D eigenvalue weighted by Gasteiger charge is 2.18. The van der Waals surface area contributed by atoms with Gasteiger partial charge in [0.2, 0.25) is 0 Å². The first-order valence-corrected chi connectivity index (χ1v) is 5.58. The van der Waals surface area contributed by atoms with Gasteiger partial charge in [-0.1, -0.05) is 6.07 Å². The van der Waals surface area contributed by atoms with Gasteiger partial charge in [0.1, 0.15) is 5.75 Å². The molecule has 16 heavy (non-hydrogen) atoms. The van der Waals surface area contributed by atoms with Crippen LogP contribution in [0.2, 0.25) is 0 Å². The van der Waals surface area contributed by atoms with Gasteiger partial charge in [-0.3, -0.25) is 4.90 Å². The molecule has 0 amide bonds. The van der Waals surface area contributed by atoms with Crippen molar-refractivity contribution >= 4 is 0 Å². The fraction of sp³-hybridized carbons (Fsp3) is 0.462. The van der Waals surface area contributed by atoms with Gasteiger partial charge in [-0.25, -0.2) is 0 Å². The number of ether oxygens (including phenoxy) is 1. The van der Waals surface area contributed by atoms with Crippen LogP contribution in [0.15, 0.2) is 18.2 Å². The summed E-state index contributed by atoms with van der Waals surface area (Å²) in [6, 6.07) is 8.44. The number of nitriles is 1. The summed E-state index contributed by atoms with van der Waals surface area (Å²) >= 11 is 0. The minimum atomic E-state index is 0.649. The third-order valence-electron chi connectivity index (χ3n) is 2.96. The van der Waals surface area contributed by atoms with E-state index in [9.17, 15) is 0 Å². The Kier molecular flexibility index (Phi) is 3.43. The van der Waals surface area contributed by atoms with Crippen molar-refractivity contribution < 1.29 is 4.74 Å². The molecule has 0 fully saturated rings. The van der Waals surface area contributed by atoms with E-state index in [1.165, 1.54) is 11.1 Å². The van der Waals surface area contributed by atoms with Crippen LogP contribution in [0.5, 0.6) is 5.75 Å². The number of benzene rings is 1. The lowest BCUT2D eigenvalue weighted by molar-refractivity contribution is 0.281. The highest BCUT2D eigenvalue weighted by Crippen LogP contribution is 2.26. The van der Waals surface area contributed by atoms with Gasteiger partial charge in [0.15, 0.2) is 0 Å². The molecule has 0 saturated carbocycles. The molecule has 0 aliphatic carbocycles. The molecule has 0 spiro atoms. The molecule has 1 aliphatic heterocycles. The van der Waals surface area contributed by atoms with Crippen molar-refractivity contribution in [2.75, 3.05) is 13.7 Å². The first-order chi connectivity index (χ1) is 7.83. The second-order valence-corrected chi connectivity index (χ2v) is 4.11. The van der Waals surface area contributed by atoms with Crippen molar-refractivity contribution in [3.8, 4) is 11.8 Å². The van der Waals surface area contributed by atoms with Gasteiger partial charge in [-0.05, 0) is 36.2 Å². The molecule has 3 heteroatoms. The Bertz CT molecular complexity index is 409. The van der Waals surface area contributed by atoms with Gasteiger partial charge in [0.25, 0.3) is 0 Å². The van der Waals surface area contributed by atoms with E-state index in [2.05, 4.69) is 23.1 Å². The summed E-state index contributed by atoms with van der Waals surface area (Å²) in [4.78, 5) is 2.38. The normalized spacial score (nSPS) is 14.5. The van der Waals surface area contributed by atoms with Crippen molar-refractivity contribution in [1.82, 2.24) is 4.90 Å². The van der Waals surface area contributed by atoms with Crippen molar-refractivity contribution in [3.05, 3.63) is 29.3 Å². The highest BCUT2D eigenvalue weighted by atomic mass is 16.5. The summed E-state index contributed by atoms with van der Waals surface area (Å²) in [5.41, 5.74) is 2.74. The molecule has 1 heterocycles. The second-order valence-electron chi connectivity index (χ2n) is 4.11. The largest absolute Gasteiger partial charge is 0.497 e. The molecular weight excluding hydrogens is 200 g/mol. The maximum atomic E-state index is 8.50. The van der Waals surface area contributed by atoms with Gasteiger partial charge in [-0.2, -0.15) is 5.26 Å². The molecule has 0 aromatic heterocycles. The van der Waals surface area contributed by atoms with E-state index in [1.54, 1.807) is 7.11 Å². The van der Waals surface area contributed by atoms with Crippen LogP contribution in [0.1, 0.15) is 24.0 Å². The average molecular weight is 216 g/mol. The summed E-state index contributed by atoms with van der Waals surface area (Å²) < 4.78 is 5.21. The fourth-order valence-corrected chi connectivity index (χ4v) is 2.11. The molecule has 1 aliphatic rings. The molecule has 0 unspecified atom stereocenters. The molecule has 0 N–H and O–H groups in total. The van der Waals surface area contributed by atoms with Crippen LogP contribution in [0, 0.1) is 11.3 Å². The lowest BCUT2D eigenvalue weighted by Gasteiger charge is -2.12. The number of fused-ring (bicyclic) bond motifs is 1. The molecule has 2 rings (SSSR count). The maximum Gasteiger partial charge on any atom is 0.119 e. The Morgan fingerprint density at radius 3 is 2.94 bits per heavy atom. The fourth-order valence-electron chi connectivity index (χ4n) is 2.11. The number of hydrogen-bond donors (Lipinski definition) is 0. The molecule has 0 radical (unpaired) electrons. The van der Waals surface area contributed by atoms with E-state index in [0.717, 1.165) is 31.8 Å². The van der Waals surface area contributed by atoms with Crippen LogP contribution < -0.4 is 4.74 Å². The van der Waals surface area contributed by atoms with Gasteiger partial charge in [-0.15, -0.1) is 0 Å². The number of methoxy groups -OCH3 is 1. The minimum Gasteiger partial charge on any atom is -0.497 e. The van der Waals surface area contributed by atoms with Gasteiger partial charge in [0, 0.05) is 19.5 Å². The summed E-state index contributed by atoms with van der Waals surface area (Å²) in [5, 5.41) is 8.50. The highest BCUT2D eigenvalue weighted by molar-refractivity contribution is 5.37. The zero-order chi connectivity index (χ0) is 11.4. The van der Waals surface area contributed by atoms with Crippen molar-refractivity contribution in [2.45, 2.75) is 25.9 Å². The summed E-state index contributed by atoms with van der Waals surface area (Å²) in [6.45, 7) is 2.99. The molecule has 84 valence electrons. The Balaban J connectivity index is 1.96. The van der Waals surface area contributed by atoms with E-state index in [0.29, 0.717) is 6.42 Å². The molecule has 0 bridgehead atoms. The van der Waals surface area contributed by atoms with E-state index >= 15 is 0 Å². The Morgan fingerprint density at radius 2 is 2.19 bits per heavy atom. The smallest absolute Gasteiger partial charge is 0.119 e. The second kappa shape index (κ2) is 5.00. The van der Waals surface area contributed by atoms with Crippen LogP contribution in [0.4, 0.5) is 0 Å². The lowest BCUT2D eigenvalue weighted by Crippen LogP contribution is -2.17. The zero-order valence-electron chi connectivity index (χ0n) is 9.57. The van der Waals surface area contributed by atoms with Crippen LogP contribution >= 0.6 is 0 Å². The van der Waals surface area contributed by atoms with Crippen LogP contribution in [0.25, 0.3) is 0 Å². The Hall–Kier alpha value is -1.53. The number of nitrogens with zero attached hydrogens (tertiary/aromatic N) is 2. The third kappa shape index (κ3) is 2.34. The molecular formula is C13H16N2O. The van der Waals surface area contributed by atoms with Crippen molar-refractivity contribution in [3.63, 3.8) is 0 Å². The van der Waals surface area contributed by atoms with E-state index < -0.39 is 0 Å². The van der Waals surface area contributed by atoms with Crippen LogP contribution in [0.3, 0.4) is 0 Å².